The molecule has 1 saturated heterocycles. The normalized spacial score (nSPS) is 19.0. The van der Waals surface area contributed by atoms with Crippen molar-refractivity contribution in [2.24, 2.45) is 5.73 Å². The molecule has 128 valence electrons. The molecular formula is C15H21ClFN3O3. The van der Waals surface area contributed by atoms with Crippen LogP contribution in [0.25, 0.3) is 0 Å². The van der Waals surface area contributed by atoms with Gasteiger partial charge in [0.1, 0.15) is 17.9 Å². The van der Waals surface area contributed by atoms with Gasteiger partial charge in [-0.05, 0) is 25.0 Å². The van der Waals surface area contributed by atoms with Crippen molar-refractivity contribution in [2.45, 2.75) is 24.9 Å². The molecule has 2 rings (SSSR count). The number of halogens is 2. The van der Waals surface area contributed by atoms with Crippen molar-refractivity contribution < 1.29 is 18.7 Å². The predicted molar refractivity (Wildman–Crippen MR) is 87.0 cm³/mol. The number of amides is 2. The second-order valence-corrected chi connectivity index (χ2v) is 5.21. The first-order valence-corrected chi connectivity index (χ1v) is 7.15. The molecule has 1 aromatic carbocycles. The number of rotatable bonds is 5. The summed E-state index contributed by atoms with van der Waals surface area (Å²) in [7, 11) is 1.44. The van der Waals surface area contributed by atoms with Crippen LogP contribution in [0.3, 0.4) is 0 Å². The van der Waals surface area contributed by atoms with Gasteiger partial charge in [0.15, 0.2) is 0 Å². The van der Waals surface area contributed by atoms with E-state index in [0.717, 1.165) is 0 Å². The summed E-state index contributed by atoms with van der Waals surface area (Å²) in [5.74, 6) is -1.23. The van der Waals surface area contributed by atoms with Gasteiger partial charge in [-0.15, -0.1) is 12.4 Å². The Kier molecular flexibility index (Phi) is 7.41. The molecule has 2 atom stereocenters. The standard InChI is InChI=1S/C15H20FN3O3.ClH/c1-22-9-11(17)14(20)18-12-6-4-8-19(15(12)21)13-7-3-2-5-10(13)16;/h2-3,5,7,11-12H,4,6,8-9,17H2,1H3,(H,18,20);1H. The van der Waals surface area contributed by atoms with Gasteiger partial charge in [0.05, 0.1) is 12.3 Å². The van der Waals surface area contributed by atoms with E-state index in [-0.39, 0.29) is 30.6 Å². The number of nitrogens with two attached hydrogens (primary N) is 1. The molecule has 1 heterocycles. The highest BCUT2D eigenvalue weighted by molar-refractivity contribution is 6.00. The molecule has 8 heteroatoms. The molecule has 1 aliphatic rings. The van der Waals surface area contributed by atoms with Crippen LogP contribution in [0.2, 0.25) is 0 Å². The van der Waals surface area contributed by atoms with Crippen molar-refractivity contribution in [3.8, 4) is 0 Å². The summed E-state index contributed by atoms with van der Waals surface area (Å²) in [6.07, 6.45) is 1.18. The molecule has 0 saturated carbocycles. The van der Waals surface area contributed by atoms with Crippen LogP contribution in [0.4, 0.5) is 10.1 Å². The first-order chi connectivity index (χ1) is 10.5. The zero-order valence-corrected chi connectivity index (χ0v) is 13.6. The minimum Gasteiger partial charge on any atom is -0.383 e. The van der Waals surface area contributed by atoms with Gasteiger partial charge in [-0.3, -0.25) is 9.59 Å². The van der Waals surface area contributed by atoms with E-state index >= 15 is 0 Å². The number of carbonyl (C=O) groups is 2. The molecule has 0 radical (unpaired) electrons. The third-order valence-electron chi connectivity index (χ3n) is 3.58. The van der Waals surface area contributed by atoms with Crippen molar-refractivity contribution in [1.29, 1.82) is 0 Å². The molecule has 0 spiro atoms. The van der Waals surface area contributed by atoms with E-state index in [1.165, 1.54) is 18.1 Å². The van der Waals surface area contributed by atoms with Gasteiger partial charge in [0, 0.05) is 13.7 Å². The average molecular weight is 346 g/mol. The Morgan fingerprint density at radius 2 is 2.22 bits per heavy atom. The molecule has 23 heavy (non-hydrogen) atoms. The number of nitrogens with one attached hydrogen (secondary N) is 1. The number of para-hydroxylation sites is 1. The topological polar surface area (TPSA) is 84.7 Å². The maximum absolute atomic E-state index is 13.8. The van der Waals surface area contributed by atoms with E-state index in [0.29, 0.717) is 19.4 Å². The molecule has 0 aliphatic carbocycles. The number of methoxy groups -OCH3 is 1. The highest BCUT2D eigenvalue weighted by Crippen LogP contribution is 2.23. The molecular weight excluding hydrogens is 325 g/mol. The van der Waals surface area contributed by atoms with E-state index < -0.39 is 23.8 Å². The van der Waals surface area contributed by atoms with Gasteiger partial charge >= 0.3 is 0 Å². The predicted octanol–water partition coefficient (Wildman–Crippen LogP) is 0.833. The second kappa shape index (κ2) is 8.81. The van der Waals surface area contributed by atoms with Gasteiger partial charge in [-0.2, -0.15) is 0 Å². The first kappa shape index (κ1) is 19.3. The van der Waals surface area contributed by atoms with Gasteiger partial charge in [0.25, 0.3) is 0 Å². The van der Waals surface area contributed by atoms with Crippen molar-refractivity contribution in [2.75, 3.05) is 25.2 Å². The summed E-state index contributed by atoms with van der Waals surface area (Å²) in [6.45, 7) is 0.500. The number of anilines is 1. The van der Waals surface area contributed by atoms with Gasteiger partial charge < -0.3 is 20.7 Å². The maximum Gasteiger partial charge on any atom is 0.249 e. The summed E-state index contributed by atoms with van der Waals surface area (Å²) in [4.78, 5) is 25.7. The fourth-order valence-corrected chi connectivity index (χ4v) is 2.45. The van der Waals surface area contributed by atoms with Gasteiger partial charge in [0.2, 0.25) is 11.8 Å². The van der Waals surface area contributed by atoms with Crippen LogP contribution in [-0.4, -0.2) is 44.2 Å². The summed E-state index contributed by atoms with van der Waals surface area (Å²) in [5.41, 5.74) is 5.87. The Labute approximate surface area is 140 Å². The molecule has 3 N–H and O–H groups in total. The SMILES string of the molecule is COCC(N)C(=O)NC1CCCN(c2ccccc2F)C1=O.Cl. The lowest BCUT2D eigenvalue weighted by atomic mass is 10.0. The first-order valence-electron chi connectivity index (χ1n) is 7.15. The number of nitrogens with zero attached hydrogens (tertiary/aromatic N) is 1. The van der Waals surface area contributed by atoms with Crippen LogP contribution in [0.5, 0.6) is 0 Å². The fraction of sp³-hybridized carbons (Fsp3) is 0.467. The molecule has 6 nitrogen and oxygen atoms in total. The van der Waals surface area contributed by atoms with Crippen molar-refractivity contribution >= 4 is 29.9 Å². The fourth-order valence-electron chi connectivity index (χ4n) is 2.45. The number of carbonyl (C=O) groups excluding carboxylic acids is 2. The Balaban J connectivity index is 0.00000264. The molecule has 2 amide bonds. The highest BCUT2D eigenvalue weighted by atomic mass is 35.5. The largest absolute Gasteiger partial charge is 0.383 e. The van der Waals surface area contributed by atoms with Crippen molar-refractivity contribution in [3.63, 3.8) is 0 Å². The van der Waals surface area contributed by atoms with E-state index in [9.17, 15) is 14.0 Å². The van der Waals surface area contributed by atoms with Crippen molar-refractivity contribution in [3.05, 3.63) is 30.1 Å². The van der Waals surface area contributed by atoms with E-state index in [4.69, 9.17) is 10.5 Å². The molecule has 1 fully saturated rings. The lowest BCUT2D eigenvalue weighted by molar-refractivity contribution is -0.129. The summed E-state index contributed by atoms with van der Waals surface area (Å²) >= 11 is 0. The van der Waals surface area contributed by atoms with E-state index in [1.807, 2.05) is 0 Å². The van der Waals surface area contributed by atoms with E-state index in [1.54, 1.807) is 18.2 Å². The maximum atomic E-state index is 13.8. The quantitative estimate of drug-likeness (QED) is 0.828. The average Bonchev–Trinajstić information content (AvgIpc) is 2.50. The van der Waals surface area contributed by atoms with Crippen LogP contribution in [0.1, 0.15) is 12.8 Å². The number of piperidine rings is 1. The molecule has 1 aliphatic heterocycles. The molecule has 2 unspecified atom stereocenters. The Hall–Kier alpha value is -1.70. The van der Waals surface area contributed by atoms with Gasteiger partial charge in [-0.1, -0.05) is 12.1 Å². The van der Waals surface area contributed by atoms with Crippen LogP contribution in [-0.2, 0) is 14.3 Å². The third-order valence-corrected chi connectivity index (χ3v) is 3.58. The van der Waals surface area contributed by atoms with Crippen LogP contribution >= 0.6 is 12.4 Å². The van der Waals surface area contributed by atoms with Crippen molar-refractivity contribution in [1.82, 2.24) is 5.32 Å². The van der Waals surface area contributed by atoms with Gasteiger partial charge in [-0.25, -0.2) is 4.39 Å². The monoisotopic (exact) mass is 345 g/mol. The zero-order chi connectivity index (χ0) is 16.1. The van der Waals surface area contributed by atoms with E-state index in [2.05, 4.69) is 5.32 Å². The third kappa shape index (κ3) is 4.63. The summed E-state index contributed by atoms with van der Waals surface area (Å²) < 4.78 is 18.7. The number of ether oxygens (including phenoxy) is 1. The summed E-state index contributed by atoms with van der Waals surface area (Å²) in [5, 5.41) is 2.61. The second-order valence-electron chi connectivity index (χ2n) is 5.21. The molecule has 1 aromatic rings. The minimum absolute atomic E-state index is 0. The van der Waals surface area contributed by atoms with Crippen LogP contribution < -0.4 is 16.0 Å². The number of hydrogen-bond acceptors (Lipinski definition) is 4. The Morgan fingerprint density at radius 1 is 1.52 bits per heavy atom. The minimum atomic E-state index is -0.832. The zero-order valence-electron chi connectivity index (χ0n) is 12.8. The summed E-state index contributed by atoms with van der Waals surface area (Å²) in [6, 6.07) is 4.57. The lowest BCUT2D eigenvalue weighted by Gasteiger charge is -2.33. The lowest BCUT2D eigenvalue weighted by Crippen LogP contribution is -2.56. The Morgan fingerprint density at radius 3 is 2.87 bits per heavy atom. The molecule has 0 aromatic heterocycles. The number of benzene rings is 1. The van der Waals surface area contributed by atoms with Crippen LogP contribution in [0, 0.1) is 5.82 Å². The smallest absolute Gasteiger partial charge is 0.249 e. The van der Waals surface area contributed by atoms with Crippen LogP contribution in [0.15, 0.2) is 24.3 Å². The molecule has 0 bridgehead atoms. The highest BCUT2D eigenvalue weighted by Gasteiger charge is 2.32. The Bertz CT molecular complexity index is 559. The number of hydrogen-bond donors (Lipinski definition) is 2.